The number of nitrogens with zero attached hydrogens (tertiary/aromatic N) is 1. The van der Waals surface area contributed by atoms with Crippen LogP contribution in [0.1, 0.15) is 36.0 Å². The molecule has 2 N–H and O–H groups in total. The summed E-state index contributed by atoms with van der Waals surface area (Å²) in [4.78, 5) is 16.6. The van der Waals surface area contributed by atoms with E-state index in [1.807, 2.05) is 37.6 Å². The summed E-state index contributed by atoms with van der Waals surface area (Å²) >= 11 is 1.66. The lowest BCUT2D eigenvalue weighted by Gasteiger charge is -2.16. The first-order chi connectivity index (χ1) is 9.47. The molecule has 1 heterocycles. The summed E-state index contributed by atoms with van der Waals surface area (Å²) in [5, 5.41) is 6.28. The predicted molar refractivity (Wildman–Crippen MR) is 84.4 cm³/mol. The second kappa shape index (κ2) is 6.05. The number of rotatable bonds is 4. The fourth-order valence-corrected chi connectivity index (χ4v) is 2.94. The highest BCUT2D eigenvalue weighted by Gasteiger charge is 2.11. The van der Waals surface area contributed by atoms with Crippen LogP contribution in [0.15, 0.2) is 23.7 Å². The lowest BCUT2D eigenvalue weighted by Crippen LogP contribution is -2.09. The number of aryl methyl sites for hydroxylation is 2. The Hall–Kier alpha value is -1.88. The number of hydrogen-bond acceptors (Lipinski definition) is 4. The molecular weight excluding hydrogens is 270 g/mol. The van der Waals surface area contributed by atoms with E-state index in [2.05, 4.69) is 22.5 Å². The Morgan fingerprint density at radius 1 is 1.35 bits per heavy atom. The van der Waals surface area contributed by atoms with Crippen molar-refractivity contribution in [3.05, 3.63) is 39.8 Å². The van der Waals surface area contributed by atoms with Gasteiger partial charge in [0, 0.05) is 23.2 Å². The third kappa shape index (κ3) is 3.36. The zero-order valence-electron chi connectivity index (χ0n) is 12.2. The summed E-state index contributed by atoms with van der Waals surface area (Å²) in [7, 11) is 0. The van der Waals surface area contributed by atoms with E-state index < -0.39 is 0 Å². The zero-order chi connectivity index (χ0) is 14.7. The van der Waals surface area contributed by atoms with Crippen LogP contribution < -0.4 is 10.6 Å². The largest absolute Gasteiger partial charge is 0.378 e. The number of carbonyl (C=O) groups excluding carboxylic acids is 1. The first-order valence-electron chi connectivity index (χ1n) is 6.52. The number of anilines is 2. The van der Waals surface area contributed by atoms with E-state index in [0.717, 1.165) is 22.6 Å². The van der Waals surface area contributed by atoms with Crippen LogP contribution in [0.25, 0.3) is 0 Å². The van der Waals surface area contributed by atoms with Crippen molar-refractivity contribution in [3.8, 4) is 0 Å². The first kappa shape index (κ1) is 14.5. The zero-order valence-corrected chi connectivity index (χ0v) is 13.0. The quantitative estimate of drug-likeness (QED) is 0.897. The van der Waals surface area contributed by atoms with E-state index in [1.165, 1.54) is 11.8 Å². The first-order valence-corrected chi connectivity index (χ1v) is 7.40. The minimum Gasteiger partial charge on any atom is -0.378 e. The van der Waals surface area contributed by atoms with Gasteiger partial charge in [0.25, 0.3) is 0 Å². The molecule has 1 unspecified atom stereocenters. The SMILES string of the molecule is CC(=O)Nc1ccc(NC(C)c2scnc2C)cc1C. The summed E-state index contributed by atoms with van der Waals surface area (Å²) < 4.78 is 0. The number of amides is 1. The standard InChI is InChI=1S/C15H19N3OS/c1-9-7-13(5-6-14(9)18-12(4)19)17-11(3)15-10(2)16-8-20-15/h5-8,11,17H,1-4H3,(H,18,19). The summed E-state index contributed by atoms with van der Waals surface area (Å²) in [5.74, 6) is -0.0533. The Labute approximate surface area is 123 Å². The number of hydrogen-bond donors (Lipinski definition) is 2. The molecule has 2 rings (SSSR count). The predicted octanol–water partition coefficient (Wildman–Crippen LogP) is 3.89. The van der Waals surface area contributed by atoms with Crippen LogP contribution in [0.3, 0.4) is 0 Å². The molecule has 1 amide bonds. The number of carbonyl (C=O) groups is 1. The Kier molecular flexibility index (Phi) is 4.39. The molecule has 0 spiro atoms. The molecule has 1 atom stereocenters. The van der Waals surface area contributed by atoms with Gasteiger partial charge in [-0.15, -0.1) is 11.3 Å². The molecule has 106 valence electrons. The molecule has 0 aliphatic carbocycles. The monoisotopic (exact) mass is 289 g/mol. The average molecular weight is 289 g/mol. The Balaban J connectivity index is 2.12. The molecule has 0 fully saturated rings. The second-order valence-corrected chi connectivity index (χ2v) is 5.77. The van der Waals surface area contributed by atoms with Crippen molar-refractivity contribution in [2.24, 2.45) is 0 Å². The van der Waals surface area contributed by atoms with Crippen molar-refractivity contribution in [1.29, 1.82) is 0 Å². The van der Waals surface area contributed by atoms with E-state index in [1.54, 1.807) is 11.3 Å². The molecule has 0 aliphatic rings. The van der Waals surface area contributed by atoms with E-state index in [4.69, 9.17) is 0 Å². The Morgan fingerprint density at radius 3 is 2.65 bits per heavy atom. The number of benzene rings is 1. The van der Waals surface area contributed by atoms with Gasteiger partial charge < -0.3 is 10.6 Å². The topological polar surface area (TPSA) is 54.0 Å². The maximum atomic E-state index is 11.1. The third-order valence-electron chi connectivity index (χ3n) is 3.10. The fourth-order valence-electron chi connectivity index (χ4n) is 2.13. The van der Waals surface area contributed by atoms with Crippen molar-refractivity contribution in [2.45, 2.75) is 33.7 Å². The van der Waals surface area contributed by atoms with Gasteiger partial charge >= 0.3 is 0 Å². The molecule has 1 aromatic heterocycles. The molecule has 0 saturated carbocycles. The van der Waals surface area contributed by atoms with Crippen molar-refractivity contribution < 1.29 is 4.79 Å². The molecule has 4 nitrogen and oxygen atoms in total. The summed E-state index contributed by atoms with van der Waals surface area (Å²) in [6, 6.07) is 6.16. The van der Waals surface area contributed by atoms with Crippen LogP contribution >= 0.6 is 11.3 Å². The lowest BCUT2D eigenvalue weighted by atomic mass is 10.1. The van der Waals surface area contributed by atoms with Crippen molar-refractivity contribution >= 4 is 28.6 Å². The van der Waals surface area contributed by atoms with Gasteiger partial charge in [-0.1, -0.05) is 0 Å². The Morgan fingerprint density at radius 2 is 2.10 bits per heavy atom. The molecule has 0 radical (unpaired) electrons. The van der Waals surface area contributed by atoms with E-state index >= 15 is 0 Å². The third-order valence-corrected chi connectivity index (χ3v) is 4.21. The van der Waals surface area contributed by atoms with Crippen LogP contribution in [0, 0.1) is 13.8 Å². The molecule has 0 bridgehead atoms. The number of thiazole rings is 1. The van der Waals surface area contributed by atoms with Crippen LogP contribution in [0.4, 0.5) is 11.4 Å². The molecule has 0 aliphatic heterocycles. The minimum absolute atomic E-state index is 0.0533. The van der Waals surface area contributed by atoms with Gasteiger partial charge in [0.1, 0.15) is 0 Å². The second-order valence-electron chi connectivity index (χ2n) is 4.88. The van der Waals surface area contributed by atoms with E-state index in [9.17, 15) is 4.79 Å². The molecule has 5 heteroatoms. The highest BCUT2D eigenvalue weighted by Crippen LogP contribution is 2.27. The maximum Gasteiger partial charge on any atom is 0.221 e. The van der Waals surface area contributed by atoms with Gasteiger partial charge in [0.15, 0.2) is 0 Å². The van der Waals surface area contributed by atoms with Crippen LogP contribution in [0.5, 0.6) is 0 Å². The van der Waals surface area contributed by atoms with Gasteiger partial charge in [-0.2, -0.15) is 0 Å². The van der Waals surface area contributed by atoms with Crippen LogP contribution in [-0.4, -0.2) is 10.9 Å². The van der Waals surface area contributed by atoms with Crippen molar-refractivity contribution in [3.63, 3.8) is 0 Å². The lowest BCUT2D eigenvalue weighted by molar-refractivity contribution is -0.114. The normalized spacial score (nSPS) is 12.0. The minimum atomic E-state index is -0.0533. The summed E-state index contributed by atoms with van der Waals surface area (Å²) in [5.41, 5.74) is 5.87. The molecular formula is C15H19N3OS. The molecule has 0 saturated heterocycles. The summed E-state index contributed by atoms with van der Waals surface area (Å²) in [6.45, 7) is 7.64. The van der Waals surface area contributed by atoms with E-state index in [-0.39, 0.29) is 11.9 Å². The maximum absolute atomic E-state index is 11.1. The number of nitrogens with one attached hydrogen (secondary N) is 2. The van der Waals surface area contributed by atoms with E-state index in [0.29, 0.717) is 0 Å². The fraction of sp³-hybridized carbons (Fsp3) is 0.333. The average Bonchev–Trinajstić information content (AvgIpc) is 2.78. The van der Waals surface area contributed by atoms with Gasteiger partial charge in [-0.3, -0.25) is 4.79 Å². The van der Waals surface area contributed by atoms with Crippen molar-refractivity contribution in [2.75, 3.05) is 10.6 Å². The number of aromatic nitrogens is 1. The van der Waals surface area contributed by atoms with Crippen LogP contribution in [0.2, 0.25) is 0 Å². The highest BCUT2D eigenvalue weighted by atomic mass is 32.1. The molecule has 20 heavy (non-hydrogen) atoms. The van der Waals surface area contributed by atoms with Gasteiger partial charge in [-0.05, 0) is 44.5 Å². The van der Waals surface area contributed by atoms with Gasteiger partial charge in [-0.25, -0.2) is 4.98 Å². The Bertz CT molecular complexity index is 621. The van der Waals surface area contributed by atoms with Crippen LogP contribution in [-0.2, 0) is 4.79 Å². The molecule has 1 aromatic carbocycles. The summed E-state index contributed by atoms with van der Waals surface area (Å²) in [6.07, 6.45) is 0. The van der Waals surface area contributed by atoms with Crippen molar-refractivity contribution in [1.82, 2.24) is 4.98 Å². The van der Waals surface area contributed by atoms with Gasteiger partial charge in [0.05, 0.1) is 17.2 Å². The molecule has 2 aromatic rings. The smallest absolute Gasteiger partial charge is 0.221 e. The highest BCUT2D eigenvalue weighted by molar-refractivity contribution is 7.09. The van der Waals surface area contributed by atoms with Gasteiger partial charge in [0.2, 0.25) is 5.91 Å².